The maximum Gasteiger partial charge on any atom is 0.0597 e. The van der Waals surface area contributed by atoms with Gasteiger partial charge in [-0.15, -0.1) is 12.4 Å². The Morgan fingerprint density at radius 3 is 2.75 bits per heavy atom. The van der Waals surface area contributed by atoms with Gasteiger partial charge in [0.15, 0.2) is 0 Å². The van der Waals surface area contributed by atoms with Crippen LogP contribution in [0, 0.1) is 0 Å². The summed E-state index contributed by atoms with van der Waals surface area (Å²) in [6.07, 6.45) is 0. The quantitative estimate of drug-likeness (QED) is 0.826. The molecule has 0 spiro atoms. The second kappa shape index (κ2) is 6.86. The highest BCUT2D eigenvalue weighted by Gasteiger charge is 2.17. The predicted molar refractivity (Wildman–Crippen MR) is 67.8 cm³/mol. The Morgan fingerprint density at radius 1 is 1.31 bits per heavy atom. The molecule has 0 saturated carbocycles. The van der Waals surface area contributed by atoms with Crippen molar-refractivity contribution in [3.8, 4) is 0 Å². The Hall–Kier alpha value is -0.610. The van der Waals surface area contributed by atoms with Crippen molar-refractivity contribution in [1.29, 1.82) is 0 Å². The number of piperazine rings is 1. The average Bonchev–Trinajstić information content (AvgIpc) is 2.31. The van der Waals surface area contributed by atoms with Crippen LogP contribution in [0.1, 0.15) is 5.56 Å². The van der Waals surface area contributed by atoms with E-state index in [9.17, 15) is 0 Å². The molecule has 1 unspecified atom stereocenters. The number of aliphatic hydroxyl groups is 1. The lowest BCUT2D eigenvalue weighted by Crippen LogP contribution is -2.51. The van der Waals surface area contributed by atoms with Crippen molar-refractivity contribution in [3.63, 3.8) is 0 Å². The van der Waals surface area contributed by atoms with E-state index >= 15 is 0 Å². The fourth-order valence-corrected chi connectivity index (χ4v) is 2.00. The van der Waals surface area contributed by atoms with Gasteiger partial charge < -0.3 is 10.4 Å². The van der Waals surface area contributed by atoms with E-state index in [2.05, 4.69) is 34.5 Å². The summed E-state index contributed by atoms with van der Waals surface area (Å²) in [5, 5.41) is 12.4. The normalized spacial score (nSPS) is 21.4. The highest BCUT2D eigenvalue weighted by molar-refractivity contribution is 5.85. The molecule has 2 N–H and O–H groups in total. The van der Waals surface area contributed by atoms with E-state index in [-0.39, 0.29) is 25.1 Å². The molecule has 0 bridgehead atoms. The number of nitrogens with one attached hydrogen (secondary N) is 1. The molecule has 1 fully saturated rings. The second-order valence-electron chi connectivity index (χ2n) is 4.05. The minimum absolute atomic E-state index is 0. The summed E-state index contributed by atoms with van der Waals surface area (Å²) in [6.45, 7) is 4.18. The molecule has 1 aliphatic heterocycles. The number of halogens is 1. The Morgan fingerprint density at radius 2 is 2.06 bits per heavy atom. The van der Waals surface area contributed by atoms with Gasteiger partial charge in [0, 0.05) is 32.2 Å². The zero-order valence-electron chi connectivity index (χ0n) is 9.30. The Bertz CT molecular complexity index is 294. The maximum absolute atomic E-state index is 9.09. The molecular weight excluding hydrogens is 224 g/mol. The molecule has 1 aromatic rings. The van der Waals surface area contributed by atoms with E-state index in [1.165, 1.54) is 5.56 Å². The fraction of sp³-hybridized carbons (Fsp3) is 0.500. The van der Waals surface area contributed by atoms with Crippen LogP contribution in [0.15, 0.2) is 30.3 Å². The number of nitrogens with zero attached hydrogens (tertiary/aromatic N) is 1. The van der Waals surface area contributed by atoms with E-state index in [1.807, 2.05) is 6.07 Å². The van der Waals surface area contributed by atoms with Crippen LogP contribution in [0.5, 0.6) is 0 Å². The number of hydrogen-bond donors (Lipinski definition) is 2. The van der Waals surface area contributed by atoms with Gasteiger partial charge in [-0.2, -0.15) is 0 Å². The van der Waals surface area contributed by atoms with Crippen LogP contribution >= 0.6 is 12.4 Å². The number of benzene rings is 1. The molecule has 2 rings (SSSR count). The van der Waals surface area contributed by atoms with Crippen LogP contribution in [-0.2, 0) is 6.54 Å². The van der Waals surface area contributed by atoms with E-state index < -0.39 is 0 Å². The first-order chi connectivity index (χ1) is 7.38. The third-order valence-corrected chi connectivity index (χ3v) is 2.81. The topological polar surface area (TPSA) is 35.5 Å². The third-order valence-electron chi connectivity index (χ3n) is 2.81. The van der Waals surface area contributed by atoms with Crippen LogP contribution < -0.4 is 5.32 Å². The van der Waals surface area contributed by atoms with Crippen molar-refractivity contribution < 1.29 is 5.11 Å². The number of hydrogen-bond acceptors (Lipinski definition) is 3. The van der Waals surface area contributed by atoms with Gasteiger partial charge in [0.05, 0.1) is 6.61 Å². The van der Waals surface area contributed by atoms with Crippen LogP contribution in [0.3, 0.4) is 0 Å². The van der Waals surface area contributed by atoms with Gasteiger partial charge in [0.1, 0.15) is 0 Å². The molecule has 1 aromatic carbocycles. The van der Waals surface area contributed by atoms with Crippen LogP contribution in [-0.4, -0.2) is 42.3 Å². The molecule has 1 saturated heterocycles. The molecule has 1 heterocycles. The Balaban J connectivity index is 0.00000128. The summed E-state index contributed by atoms with van der Waals surface area (Å²) in [4.78, 5) is 2.38. The minimum atomic E-state index is 0. The van der Waals surface area contributed by atoms with E-state index in [0.29, 0.717) is 0 Å². The Labute approximate surface area is 103 Å². The molecule has 4 heteroatoms. The standard InChI is InChI=1S/C12H18N2O.ClH/c15-10-12-9-14(7-6-13-12)8-11-4-2-1-3-5-11;/h1-5,12-13,15H,6-10H2;1H. The lowest BCUT2D eigenvalue weighted by Gasteiger charge is -2.32. The van der Waals surface area contributed by atoms with E-state index in [1.54, 1.807) is 0 Å². The Kier molecular flexibility index (Phi) is 5.77. The van der Waals surface area contributed by atoms with Crippen molar-refractivity contribution >= 4 is 12.4 Å². The van der Waals surface area contributed by atoms with Gasteiger partial charge in [-0.25, -0.2) is 0 Å². The third kappa shape index (κ3) is 3.76. The summed E-state index contributed by atoms with van der Waals surface area (Å²) in [6, 6.07) is 10.7. The van der Waals surface area contributed by atoms with E-state index in [4.69, 9.17) is 5.11 Å². The van der Waals surface area contributed by atoms with Gasteiger partial charge in [0.2, 0.25) is 0 Å². The lowest BCUT2D eigenvalue weighted by molar-refractivity contribution is 0.143. The largest absolute Gasteiger partial charge is 0.395 e. The summed E-state index contributed by atoms with van der Waals surface area (Å²) in [5.74, 6) is 0. The maximum atomic E-state index is 9.09. The fourth-order valence-electron chi connectivity index (χ4n) is 2.00. The molecular formula is C12H19ClN2O. The van der Waals surface area contributed by atoms with E-state index in [0.717, 1.165) is 26.2 Å². The van der Waals surface area contributed by atoms with Gasteiger partial charge in [-0.05, 0) is 5.56 Å². The van der Waals surface area contributed by atoms with Crippen molar-refractivity contribution in [2.75, 3.05) is 26.2 Å². The summed E-state index contributed by atoms with van der Waals surface area (Å²) >= 11 is 0. The van der Waals surface area contributed by atoms with Crippen molar-refractivity contribution in [2.24, 2.45) is 0 Å². The predicted octanol–water partition coefficient (Wildman–Crippen LogP) is 0.874. The molecule has 0 aromatic heterocycles. The van der Waals surface area contributed by atoms with Crippen LogP contribution in [0.2, 0.25) is 0 Å². The van der Waals surface area contributed by atoms with Gasteiger partial charge in [0.25, 0.3) is 0 Å². The summed E-state index contributed by atoms with van der Waals surface area (Å²) in [7, 11) is 0. The highest BCUT2D eigenvalue weighted by atomic mass is 35.5. The van der Waals surface area contributed by atoms with Crippen molar-refractivity contribution in [2.45, 2.75) is 12.6 Å². The van der Waals surface area contributed by atoms with Gasteiger partial charge in [-0.3, -0.25) is 4.90 Å². The molecule has 1 aliphatic rings. The first-order valence-corrected chi connectivity index (χ1v) is 5.49. The monoisotopic (exact) mass is 242 g/mol. The summed E-state index contributed by atoms with van der Waals surface area (Å²) < 4.78 is 0. The minimum Gasteiger partial charge on any atom is -0.395 e. The van der Waals surface area contributed by atoms with Crippen molar-refractivity contribution in [3.05, 3.63) is 35.9 Å². The first-order valence-electron chi connectivity index (χ1n) is 5.49. The van der Waals surface area contributed by atoms with Gasteiger partial charge in [-0.1, -0.05) is 30.3 Å². The highest BCUT2D eigenvalue weighted by Crippen LogP contribution is 2.06. The lowest BCUT2D eigenvalue weighted by atomic mass is 10.1. The second-order valence-corrected chi connectivity index (χ2v) is 4.05. The van der Waals surface area contributed by atoms with Crippen LogP contribution in [0.25, 0.3) is 0 Å². The molecule has 90 valence electrons. The SMILES string of the molecule is Cl.OCC1CN(Cc2ccccc2)CCN1. The molecule has 1 atom stereocenters. The van der Waals surface area contributed by atoms with Gasteiger partial charge >= 0.3 is 0 Å². The number of aliphatic hydroxyl groups excluding tert-OH is 1. The smallest absolute Gasteiger partial charge is 0.0597 e. The van der Waals surface area contributed by atoms with Crippen molar-refractivity contribution in [1.82, 2.24) is 10.2 Å². The zero-order chi connectivity index (χ0) is 10.5. The first kappa shape index (κ1) is 13.5. The molecule has 3 nitrogen and oxygen atoms in total. The number of rotatable bonds is 3. The molecule has 0 radical (unpaired) electrons. The zero-order valence-corrected chi connectivity index (χ0v) is 10.1. The average molecular weight is 243 g/mol. The molecule has 0 amide bonds. The summed E-state index contributed by atoms with van der Waals surface area (Å²) in [5.41, 5.74) is 1.34. The van der Waals surface area contributed by atoms with Crippen LogP contribution in [0.4, 0.5) is 0 Å². The molecule has 0 aliphatic carbocycles. The molecule has 16 heavy (non-hydrogen) atoms.